The molecule has 0 saturated heterocycles. The van der Waals surface area contributed by atoms with E-state index in [-0.39, 0.29) is 5.69 Å². The molecule has 0 fully saturated rings. The van der Waals surface area contributed by atoms with E-state index in [2.05, 4.69) is 20.9 Å². The van der Waals surface area contributed by atoms with E-state index < -0.39 is 6.43 Å². The highest BCUT2D eigenvalue weighted by atomic mass is 79.9. The minimum Gasteiger partial charge on any atom is -0.496 e. The van der Waals surface area contributed by atoms with E-state index in [9.17, 15) is 8.78 Å². The quantitative estimate of drug-likeness (QED) is 0.754. The summed E-state index contributed by atoms with van der Waals surface area (Å²) in [7, 11) is 1.43. The maximum Gasteiger partial charge on any atom is 0.280 e. The molecule has 0 atom stereocenters. The van der Waals surface area contributed by atoms with Gasteiger partial charge < -0.3 is 4.74 Å². The highest BCUT2D eigenvalue weighted by molar-refractivity contribution is 9.10. The number of nitrogens with zero attached hydrogens (tertiary/aromatic N) is 1. The number of halogens is 3. The second kappa shape index (κ2) is 4.00. The molecule has 0 N–H and O–H groups in total. The molecular weight excluding hydrogens is 244 g/mol. The summed E-state index contributed by atoms with van der Waals surface area (Å²) in [5.74, 6) is 0.414. The third-order valence-electron chi connectivity index (χ3n) is 1.63. The van der Waals surface area contributed by atoms with Crippen LogP contribution in [0.5, 0.6) is 5.75 Å². The lowest BCUT2D eigenvalue weighted by Crippen LogP contribution is -1.96. The molecule has 0 unspecified atom stereocenters. The Balaban J connectivity index is 3.22. The highest BCUT2D eigenvalue weighted by Gasteiger charge is 2.14. The number of pyridine rings is 1. The van der Waals surface area contributed by atoms with Crippen LogP contribution in [0.1, 0.15) is 17.7 Å². The Hall–Kier alpha value is -0.710. The van der Waals surface area contributed by atoms with Gasteiger partial charge in [0.15, 0.2) is 0 Å². The van der Waals surface area contributed by atoms with E-state index in [1.165, 1.54) is 13.2 Å². The Kier molecular flexibility index (Phi) is 3.19. The van der Waals surface area contributed by atoms with Gasteiger partial charge in [0, 0.05) is 11.6 Å². The van der Waals surface area contributed by atoms with Crippen molar-refractivity contribution in [3.63, 3.8) is 0 Å². The van der Waals surface area contributed by atoms with Crippen molar-refractivity contribution >= 4 is 15.9 Å². The molecule has 1 aromatic rings. The number of ether oxygens (including phenoxy) is 1. The fourth-order valence-corrected chi connectivity index (χ4v) is 1.30. The van der Waals surface area contributed by atoms with Crippen LogP contribution in [0.2, 0.25) is 0 Å². The van der Waals surface area contributed by atoms with Crippen LogP contribution >= 0.6 is 15.9 Å². The molecule has 1 heterocycles. The van der Waals surface area contributed by atoms with E-state index in [4.69, 9.17) is 4.74 Å². The van der Waals surface area contributed by atoms with Crippen molar-refractivity contribution in [2.24, 2.45) is 0 Å². The van der Waals surface area contributed by atoms with Gasteiger partial charge in [0.1, 0.15) is 16.0 Å². The lowest BCUT2D eigenvalue weighted by atomic mass is 10.2. The largest absolute Gasteiger partial charge is 0.496 e. The second-order valence-electron chi connectivity index (χ2n) is 2.47. The van der Waals surface area contributed by atoms with E-state index in [0.29, 0.717) is 15.9 Å². The van der Waals surface area contributed by atoms with Crippen LogP contribution in [0, 0.1) is 6.92 Å². The van der Waals surface area contributed by atoms with Gasteiger partial charge in [-0.05, 0) is 22.9 Å². The van der Waals surface area contributed by atoms with Crippen molar-refractivity contribution < 1.29 is 13.5 Å². The molecular formula is C8H8BrF2NO. The first kappa shape index (κ1) is 10.4. The molecule has 0 spiro atoms. The van der Waals surface area contributed by atoms with Crippen molar-refractivity contribution in [2.75, 3.05) is 7.11 Å². The molecule has 0 bridgehead atoms. The van der Waals surface area contributed by atoms with Gasteiger partial charge in [-0.1, -0.05) is 0 Å². The van der Waals surface area contributed by atoms with E-state index >= 15 is 0 Å². The molecule has 0 aliphatic rings. The zero-order chi connectivity index (χ0) is 10.0. The fourth-order valence-electron chi connectivity index (χ4n) is 0.898. The molecule has 0 aromatic carbocycles. The number of aromatic nitrogens is 1. The SMILES string of the molecule is COc1cc(C(F)F)nc(Br)c1C. The van der Waals surface area contributed by atoms with Crippen LogP contribution in [-0.4, -0.2) is 12.1 Å². The monoisotopic (exact) mass is 251 g/mol. The summed E-state index contributed by atoms with van der Waals surface area (Å²) in [6.45, 7) is 1.74. The summed E-state index contributed by atoms with van der Waals surface area (Å²) < 4.78 is 29.8. The molecule has 13 heavy (non-hydrogen) atoms. The van der Waals surface area contributed by atoms with Crippen LogP contribution in [-0.2, 0) is 0 Å². The van der Waals surface area contributed by atoms with Crippen LogP contribution in [0.4, 0.5) is 8.78 Å². The molecule has 2 nitrogen and oxygen atoms in total. The Labute approximate surface area is 83.1 Å². The van der Waals surface area contributed by atoms with Crippen molar-refractivity contribution in [3.05, 3.63) is 21.9 Å². The van der Waals surface area contributed by atoms with Crippen molar-refractivity contribution in [3.8, 4) is 5.75 Å². The Morgan fingerprint density at radius 1 is 1.54 bits per heavy atom. The normalized spacial score (nSPS) is 10.6. The van der Waals surface area contributed by atoms with E-state index in [0.717, 1.165) is 0 Å². The third kappa shape index (κ3) is 2.15. The lowest BCUT2D eigenvalue weighted by Gasteiger charge is -2.08. The zero-order valence-electron chi connectivity index (χ0n) is 7.14. The number of alkyl halides is 2. The van der Waals surface area contributed by atoms with Gasteiger partial charge in [-0.25, -0.2) is 13.8 Å². The van der Waals surface area contributed by atoms with Gasteiger partial charge in [0.25, 0.3) is 6.43 Å². The molecule has 5 heteroatoms. The van der Waals surface area contributed by atoms with Gasteiger partial charge in [0.2, 0.25) is 0 Å². The first-order valence-electron chi connectivity index (χ1n) is 3.55. The molecule has 1 rings (SSSR count). The third-order valence-corrected chi connectivity index (χ3v) is 2.40. The molecule has 0 amide bonds. The Morgan fingerprint density at radius 3 is 2.62 bits per heavy atom. The summed E-state index contributed by atoms with van der Waals surface area (Å²) in [6.07, 6.45) is -2.58. The van der Waals surface area contributed by atoms with Crippen molar-refractivity contribution in [1.29, 1.82) is 0 Å². The van der Waals surface area contributed by atoms with Gasteiger partial charge in [-0.15, -0.1) is 0 Å². The number of hydrogen-bond donors (Lipinski definition) is 0. The maximum atomic E-state index is 12.3. The number of hydrogen-bond acceptors (Lipinski definition) is 2. The van der Waals surface area contributed by atoms with Crippen LogP contribution in [0.3, 0.4) is 0 Å². The topological polar surface area (TPSA) is 22.1 Å². The molecule has 0 aliphatic heterocycles. The number of rotatable bonds is 2. The first-order chi connectivity index (χ1) is 6.06. The summed E-state index contributed by atoms with van der Waals surface area (Å²) in [4.78, 5) is 3.67. The summed E-state index contributed by atoms with van der Waals surface area (Å²) in [6, 6.07) is 1.24. The molecule has 0 aliphatic carbocycles. The summed E-state index contributed by atoms with van der Waals surface area (Å²) >= 11 is 3.08. The van der Waals surface area contributed by atoms with E-state index in [1.807, 2.05) is 0 Å². The summed E-state index contributed by atoms with van der Waals surface area (Å²) in [5, 5.41) is 0. The minimum atomic E-state index is -2.58. The fraction of sp³-hybridized carbons (Fsp3) is 0.375. The molecule has 0 radical (unpaired) electrons. The Morgan fingerprint density at radius 2 is 2.15 bits per heavy atom. The number of methoxy groups -OCH3 is 1. The van der Waals surface area contributed by atoms with Gasteiger partial charge in [-0.2, -0.15) is 0 Å². The predicted molar refractivity (Wildman–Crippen MR) is 48.2 cm³/mol. The maximum absolute atomic E-state index is 12.3. The molecule has 1 aromatic heterocycles. The van der Waals surface area contributed by atoms with Gasteiger partial charge >= 0.3 is 0 Å². The summed E-state index contributed by atoms with van der Waals surface area (Å²) in [5.41, 5.74) is 0.432. The van der Waals surface area contributed by atoms with Gasteiger partial charge in [-0.3, -0.25) is 0 Å². The van der Waals surface area contributed by atoms with Crippen molar-refractivity contribution in [2.45, 2.75) is 13.3 Å². The smallest absolute Gasteiger partial charge is 0.280 e. The average molecular weight is 252 g/mol. The molecule has 0 saturated carbocycles. The first-order valence-corrected chi connectivity index (χ1v) is 4.34. The van der Waals surface area contributed by atoms with Gasteiger partial charge in [0.05, 0.1) is 7.11 Å². The second-order valence-corrected chi connectivity index (χ2v) is 3.22. The molecule has 72 valence electrons. The standard InChI is InChI=1S/C8H8BrF2NO/c1-4-6(13-2)3-5(8(10)11)12-7(4)9/h3,8H,1-2H3. The average Bonchev–Trinajstić information content (AvgIpc) is 2.09. The van der Waals surface area contributed by atoms with Crippen molar-refractivity contribution in [1.82, 2.24) is 4.98 Å². The van der Waals surface area contributed by atoms with Crippen LogP contribution in [0.25, 0.3) is 0 Å². The zero-order valence-corrected chi connectivity index (χ0v) is 8.73. The highest BCUT2D eigenvalue weighted by Crippen LogP contribution is 2.28. The van der Waals surface area contributed by atoms with Crippen LogP contribution < -0.4 is 4.74 Å². The lowest BCUT2D eigenvalue weighted by molar-refractivity contribution is 0.145. The Bertz CT molecular complexity index is 317. The predicted octanol–water partition coefficient (Wildman–Crippen LogP) is 3.10. The van der Waals surface area contributed by atoms with Crippen LogP contribution in [0.15, 0.2) is 10.7 Å². The minimum absolute atomic E-state index is 0.283. The van der Waals surface area contributed by atoms with E-state index in [1.54, 1.807) is 6.92 Å².